The largest absolute Gasteiger partial charge is 0.396 e. The van der Waals surface area contributed by atoms with Crippen LogP contribution in [0, 0.1) is 0 Å². The molecule has 0 atom stereocenters. The summed E-state index contributed by atoms with van der Waals surface area (Å²) in [5, 5.41) is 14.2. The number of fused-ring (bicyclic) bond motifs is 4. The molecule has 10 nitrogen and oxygen atoms in total. The van der Waals surface area contributed by atoms with E-state index in [1.807, 2.05) is 17.1 Å². The molecule has 2 aliphatic heterocycles. The Bertz CT molecular complexity index is 1620. The Morgan fingerprint density at radius 1 is 1.03 bits per heavy atom. The molecule has 2 aliphatic rings. The Hall–Kier alpha value is -3.70. The molecule has 204 valence electrons. The van der Waals surface area contributed by atoms with Gasteiger partial charge in [0.25, 0.3) is 10.0 Å². The molecule has 1 aromatic carbocycles. The molecule has 0 radical (unpaired) electrons. The van der Waals surface area contributed by atoms with E-state index in [1.165, 1.54) is 3.97 Å². The van der Waals surface area contributed by atoms with Crippen LogP contribution in [0.4, 0.5) is 11.4 Å². The Morgan fingerprint density at radius 2 is 1.79 bits per heavy atom. The lowest BCUT2D eigenvalue weighted by Crippen LogP contribution is -2.48. The van der Waals surface area contributed by atoms with Crippen molar-refractivity contribution in [1.82, 2.24) is 18.7 Å². The summed E-state index contributed by atoms with van der Waals surface area (Å²) < 4.78 is 30.0. The van der Waals surface area contributed by atoms with Crippen LogP contribution >= 0.6 is 0 Å². The lowest BCUT2D eigenvalue weighted by atomic mass is 9.73. The summed E-state index contributed by atoms with van der Waals surface area (Å²) in [5.74, 6) is 0.0321. The molecule has 0 saturated carbocycles. The number of amides is 1. The van der Waals surface area contributed by atoms with Gasteiger partial charge in [-0.2, -0.15) is 5.10 Å². The van der Waals surface area contributed by atoms with Crippen LogP contribution < -0.4 is 9.80 Å². The number of anilines is 2. The van der Waals surface area contributed by atoms with Gasteiger partial charge in [0, 0.05) is 56.6 Å². The van der Waals surface area contributed by atoms with E-state index in [0.717, 1.165) is 42.7 Å². The van der Waals surface area contributed by atoms with Crippen molar-refractivity contribution in [3.05, 3.63) is 66.7 Å². The highest BCUT2D eigenvalue weighted by molar-refractivity contribution is 7.90. The number of hydrogen-bond acceptors (Lipinski definition) is 7. The summed E-state index contributed by atoms with van der Waals surface area (Å²) in [7, 11) is -2.06. The number of pyridine rings is 1. The number of benzene rings is 1. The van der Waals surface area contributed by atoms with Gasteiger partial charge in [0.2, 0.25) is 5.91 Å². The topological polar surface area (TPSA) is 114 Å². The maximum absolute atomic E-state index is 13.7. The van der Waals surface area contributed by atoms with Crippen LogP contribution in [-0.4, -0.2) is 64.9 Å². The molecule has 1 N–H and O–H groups in total. The van der Waals surface area contributed by atoms with E-state index in [0.29, 0.717) is 37.0 Å². The fraction of sp³-hybridized carbons (Fsp3) is 0.393. The first-order chi connectivity index (χ1) is 18.9. The van der Waals surface area contributed by atoms with Gasteiger partial charge in [0.1, 0.15) is 0 Å². The number of piperidine rings is 1. The molecular weight excluding hydrogens is 516 g/mol. The minimum atomic E-state index is -3.84. The summed E-state index contributed by atoms with van der Waals surface area (Å²) in [4.78, 5) is 22.4. The number of rotatable bonds is 8. The van der Waals surface area contributed by atoms with Gasteiger partial charge in [-0.05, 0) is 50.3 Å². The average molecular weight is 549 g/mol. The fourth-order valence-electron chi connectivity index (χ4n) is 6.06. The molecule has 0 bridgehead atoms. The molecule has 39 heavy (non-hydrogen) atoms. The molecule has 0 unspecified atom stereocenters. The van der Waals surface area contributed by atoms with E-state index in [1.54, 1.807) is 60.7 Å². The number of nitrogens with zero attached hydrogens (tertiary/aromatic N) is 6. The summed E-state index contributed by atoms with van der Waals surface area (Å²) in [6.07, 6.45) is 11.0. The zero-order chi connectivity index (χ0) is 27.2. The van der Waals surface area contributed by atoms with Gasteiger partial charge < -0.3 is 14.9 Å². The quantitative estimate of drug-likeness (QED) is 0.337. The first-order valence-corrected chi connectivity index (χ1v) is 14.8. The Kier molecular flexibility index (Phi) is 6.43. The number of aliphatic hydroxyl groups is 1. The van der Waals surface area contributed by atoms with E-state index in [-0.39, 0.29) is 17.4 Å². The van der Waals surface area contributed by atoms with Crippen molar-refractivity contribution in [2.45, 2.75) is 49.0 Å². The van der Waals surface area contributed by atoms with Crippen LogP contribution in [0.25, 0.3) is 11.0 Å². The third-order valence-corrected chi connectivity index (χ3v) is 9.84. The maximum atomic E-state index is 13.7. The molecule has 6 rings (SSSR count). The Balaban J connectivity index is 1.30. The molecule has 3 aromatic heterocycles. The zero-order valence-corrected chi connectivity index (χ0v) is 22.7. The highest BCUT2D eigenvalue weighted by atomic mass is 32.2. The van der Waals surface area contributed by atoms with Crippen molar-refractivity contribution in [2.24, 2.45) is 0 Å². The molecule has 1 spiro atoms. The van der Waals surface area contributed by atoms with Crippen molar-refractivity contribution in [3.63, 3.8) is 0 Å². The first-order valence-electron chi connectivity index (χ1n) is 13.3. The molecule has 4 aromatic rings. The van der Waals surface area contributed by atoms with Crippen LogP contribution in [0.5, 0.6) is 0 Å². The summed E-state index contributed by atoms with van der Waals surface area (Å²) >= 11 is 0. The van der Waals surface area contributed by atoms with E-state index in [9.17, 15) is 13.2 Å². The second-order valence-corrected chi connectivity index (χ2v) is 12.2. The minimum absolute atomic E-state index is 0.0321. The molecule has 5 heterocycles. The second kappa shape index (κ2) is 9.80. The van der Waals surface area contributed by atoms with Crippen LogP contribution in [-0.2, 0) is 26.8 Å². The van der Waals surface area contributed by atoms with Gasteiger partial charge >= 0.3 is 0 Å². The maximum Gasteiger partial charge on any atom is 0.269 e. The van der Waals surface area contributed by atoms with E-state index >= 15 is 0 Å². The van der Waals surface area contributed by atoms with Crippen molar-refractivity contribution >= 4 is 38.3 Å². The highest BCUT2D eigenvalue weighted by Gasteiger charge is 2.52. The van der Waals surface area contributed by atoms with Crippen molar-refractivity contribution < 1.29 is 18.3 Å². The average Bonchev–Trinajstić information content (AvgIpc) is 3.66. The SMILES string of the molecule is CN1C(=O)C2(CCN(c3cnn(CCCCCO)c3)CC2)c2c1cnc1c2ccn1S(=O)(=O)c1ccccc1. The number of aromatic nitrogens is 4. The van der Waals surface area contributed by atoms with E-state index in [2.05, 4.69) is 15.0 Å². The number of aliphatic hydroxyl groups excluding tert-OH is 1. The molecular formula is C28H32N6O4S. The lowest BCUT2D eigenvalue weighted by molar-refractivity contribution is -0.123. The predicted molar refractivity (Wildman–Crippen MR) is 148 cm³/mol. The summed E-state index contributed by atoms with van der Waals surface area (Å²) in [6.45, 7) is 2.39. The molecule has 11 heteroatoms. The molecule has 0 aliphatic carbocycles. The van der Waals surface area contributed by atoms with Crippen LogP contribution in [0.2, 0.25) is 0 Å². The van der Waals surface area contributed by atoms with Gasteiger partial charge in [0.05, 0.1) is 34.1 Å². The first kappa shape index (κ1) is 25.6. The predicted octanol–water partition coefficient (Wildman–Crippen LogP) is 3.15. The molecule has 1 fully saturated rings. The van der Waals surface area contributed by atoms with Gasteiger partial charge in [0.15, 0.2) is 5.65 Å². The Labute approximate surface area is 227 Å². The number of unbranched alkanes of at least 4 members (excludes halogenated alkanes) is 2. The van der Waals surface area contributed by atoms with E-state index < -0.39 is 15.4 Å². The summed E-state index contributed by atoms with van der Waals surface area (Å²) in [5.41, 5.74) is 2.26. The normalized spacial score (nSPS) is 16.9. The number of carbonyl (C=O) groups excluding carboxylic acids is 1. The highest BCUT2D eigenvalue weighted by Crippen LogP contribution is 2.50. The Morgan fingerprint density at radius 3 is 2.54 bits per heavy atom. The van der Waals surface area contributed by atoms with Gasteiger partial charge in [-0.25, -0.2) is 17.4 Å². The third kappa shape index (κ3) is 4.11. The molecule has 1 saturated heterocycles. The standard InChI is InChI=1S/C28H32N6O4S/c1-31-24-19-29-26-23(10-14-34(26)39(37,38)22-8-4-2-5-9-22)25(24)28(27(31)36)11-15-32(16-12-28)21-18-30-33(20-21)13-6-3-7-17-35/h2,4-5,8-10,14,18-20,35H,3,6-7,11-13,15-17H2,1H3. The van der Waals surface area contributed by atoms with Gasteiger partial charge in [-0.15, -0.1) is 0 Å². The fourth-order valence-corrected chi connectivity index (χ4v) is 7.38. The van der Waals surface area contributed by atoms with Crippen LogP contribution in [0.15, 0.2) is 66.1 Å². The van der Waals surface area contributed by atoms with Gasteiger partial charge in [-0.3, -0.25) is 9.48 Å². The number of likely N-dealkylation sites (N-methyl/N-ethyl adjacent to an activating group) is 1. The smallest absolute Gasteiger partial charge is 0.269 e. The van der Waals surface area contributed by atoms with E-state index in [4.69, 9.17) is 5.11 Å². The number of hydrogen-bond donors (Lipinski definition) is 1. The third-order valence-electron chi connectivity index (χ3n) is 8.16. The molecule has 1 amide bonds. The van der Waals surface area contributed by atoms with Crippen molar-refractivity contribution in [3.8, 4) is 0 Å². The van der Waals surface area contributed by atoms with Crippen molar-refractivity contribution in [1.29, 1.82) is 0 Å². The second-order valence-electron chi connectivity index (χ2n) is 10.4. The monoisotopic (exact) mass is 548 g/mol. The van der Waals surface area contributed by atoms with Crippen molar-refractivity contribution in [2.75, 3.05) is 36.5 Å². The number of carbonyl (C=O) groups is 1. The minimum Gasteiger partial charge on any atom is -0.396 e. The number of aryl methyl sites for hydroxylation is 1. The summed E-state index contributed by atoms with van der Waals surface area (Å²) in [6, 6.07) is 10.1. The van der Waals surface area contributed by atoms with Crippen LogP contribution in [0.1, 0.15) is 37.7 Å². The lowest BCUT2D eigenvalue weighted by Gasteiger charge is -2.39. The van der Waals surface area contributed by atoms with Gasteiger partial charge in [-0.1, -0.05) is 18.2 Å². The zero-order valence-electron chi connectivity index (χ0n) is 21.9. The van der Waals surface area contributed by atoms with Crippen LogP contribution in [0.3, 0.4) is 0 Å².